The number of nitro groups is 1. The number of aliphatic hydroxyl groups excluding tert-OH is 1. The molecule has 0 radical (unpaired) electrons. The number of ether oxygens (including phenoxy) is 11. The number of aliphatic hydroxyl groups is 1. The van der Waals surface area contributed by atoms with Gasteiger partial charge < -0.3 is 107 Å². The monoisotopic (exact) mass is 2070 g/mol. The predicted octanol–water partition coefficient (Wildman–Crippen LogP) is 14.8. The number of alkyl carbamates (subject to hydrolysis) is 1. The van der Waals surface area contributed by atoms with Crippen LogP contribution in [0, 0.1) is 15.9 Å². The average molecular weight is 2070 g/mol. The second-order valence-corrected chi connectivity index (χ2v) is 39.3. The first-order chi connectivity index (χ1) is 62.0. The zero-order chi connectivity index (χ0) is 92.9. The number of nitrogens with zero attached hydrogens (tertiary/aromatic N) is 1. The quantitative estimate of drug-likeness (QED) is 0.00436. The Morgan fingerprint density at radius 2 is 0.877 bits per heavy atom. The normalized spacial score (nSPS) is 21.5. The van der Waals surface area contributed by atoms with Crippen LogP contribution < -0.4 is 32.9 Å². The molecule has 130 heavy (non-hydrogen) atoms. The number of nitrogens with two attached hydrogens (primary N) is 1. The molecule has 6 saturated heterocycles. The average Bonchev–Trinajstić information content (AvgIpc) is 1.64. The number of thioether (sulfide) groups is 5. The molecule has 0 saturated carbocycles. The van der Waals surface area contributed by atoms with Crippen molar-refractivity contribution in [1.82, 2.24) is 5.32 Å². The first kappa shape index (κ1) is 111. The molecule has 43 heteroatoms. The van der Waals surface area contributed by atoms with E-state index in [4.69, 9.17) is 86.2 Å². The van der Waals surface area contributed by atoms with Crippen LogP contribution >= 0.6 is 116 Å². The number of hydrogen-bond acceptors (Lipinski definition) is 33. The van der Waals surface area contributed by atoms with Gasteiger partial charge in [-0.25, -0.2) is 9.18 Å². The van der Waals surface area contributed by atoms with Crippen LogP contribution in [-0.2, 0) is 75.4 Å². The fourth-order valence-corrected chi connectivity index (χ4v) is 18.4. The van der Waals surface area contributed by atoms with E-state index in [-0.39, 0.29) is 74.8 Å². The van der Waals surface area contributed by atoms with Gasteiger partial charge in [-0.15, -0.1) is 12.4 Å². The van der Waals surface area contributed by atoms with Crippen molar-refractivity contribution in [3.05, 3.63) is 167 Å². The van der Waals surface area contributed by atoms with Crippen LogP contribution in [0.5, 0.6) is 0 Å². The molecular formula is C87H117B4Br2ClFN3O26S6. The molecule has 15 rings (SSSR count). The van der Waals surface area contributed by atoms with Crippen LogP contribution in [-0.4, -0.2) is 215 Å². The van der Waals surface area contributed by atoms with Gasteiger partial charge in [-0.1, -0.05) is 99.0 Å². The van der Waals surface area contributed by atoms with E-state index >= 15 is 0 Å². The second kappa shape index (κ2) is 57.8. The molecule has 8 unspecified atom stereocenters. The summed E-state index contributed by atoms with van der Waals surface area (Å²) in [6, 6.07) is 32.1. The molecule has 0 aromatic heterocycles. The summed E-state index contributed by atoms with van der Waals surface area (Å²) in [6.07, 6.45) is 16.3. The number of nitrogens with one attached hydrogen (secondary N) is 1. The van der Waals surface area contributed by atoms with Gasteiger partial charge in [0.1, 0.15) is 23.8 Å². The smallest absolute Gasteiger partial charge is 0.444 e. The maximum absolute atomic E-state index is 12.3. The highest BCUT2D eigenvalue weighted by Gasteiger charge is 2.52. The first-order valence-corrected chi connectivity index (χ1v) is 50.0. The maximum atomic E-state index is 12.3. The highest BCUT2D eigenvalue weighted by atomic mass is 79.9. The van der Waals surface area contributed by atoms with Gasteiger partial charge in [0.05, 0.1) is 59.0 Å². The molecule has 0 bridgehead atoms. The van der Waals surface area contributed by atoms with E-state index in [9.17, 15) is 48.8 Å². The van der Waals surface area contributed by atoms with Crippen LogP contribution in [0.1, 0.15) is 211 Å². The number of benzene rings is 6. The molecule has 8 atom stereocenters. The summed E-state index contributed by atoms with van der Waals surface area (Å²) in [5.41, 5.74) is 11.1. The Morgan fingerprint density at radius 1 is 0.531 bits per heavy atom. The number of halogens is 4. The van der Waals surface area contributed by atoms with Gasteiger partial charge in [0.2, 0.25) is 6.54 Å². The van der Waals surface area contributed by atoms with E-state index in [0.29, 0.717) is 74.7 Å². The zero-order valence-electron chi connectivity index (χ0n) is 73.9. The lowest BCUT2D eigenvalue weighted by molar-refractivity contribution is -0.490. The van der Waals surface area contributed by atoms with Gasteiger partial charge in [0.25, 0.3) is 0 Å². The van der Waals surface area contributed by atoms with E-state index < -0.39 is 68.5 Å². The van der Waals surface area contributed by atoms with Gasteiger partial charge in [-0.2, -0.15) is 12.6 Å². The van der Waals surface area contributed by atoms with Crippen molar-refractivity contribution in [2.75, 3.05) is 88.3 Å². The molecule has 29 nitrogen and oxygen atoms in total. The van der Waals surface area contributed by atoms with Crippen LogP contribution in [0.25, 0.3) is 0 Å². The highest BCUT2D eigenvalue weighted by Crippen LogP contribution is 2.38. The molecule has 6 aromatic carbocycles. The third kappa shape index (κ3) is 36.9. The Bertz CT molecular complexity index is 4460. The number of aldehydes is 3. The van der Waals surface area contributed by atoms with Gasteiger partial charge in [0.15, 0.2) is 44.0 Å². The summed E-state index contributed by atoms with van der Waals surface area (Å²) in [5, 5.41) is 51.9. The van der Waals surface area contributed by atoms with Crippen LogP contribution in [0.4, 0.5) is 9.18 Å². The molecule has 0 spiro atoms. The second-order valence-electron chi connectivity index (χ2n) is 32.3. The lowest BCUT2D eigenvalue weighted by Gasteiger charge is -2.32. The molecule has 6 aromatic rings. The molecule has 9 aliphatic heterocycles. The number of fused-ring (bicyclic) bond motifs is 3. The topological polar surface area (TPSA) is 378 Å². The summed E-state index contributed by atoms with van der Waals surface area (Å²) in [4.78, 5) is 59.3. The Kier molecular flexibility index (Phi) is 49.4. The molecule has 1 amide bonds. The minimum atomic E-state index is -1.11. The highest BCUT2D eigenvalue weighted by molar-refractivity contribution is 9.10. The molecule has 6 fully saturated rings. The van der Waals surface area contributed by atoms with Crippen molar-refractivity contribution in [2.45, 2.75) is 236 Å². The SMILES string of the molecule is CC(C)(C)OC(=O)NCC1OB(O)c2cc(SCOC3CCCCO3)ccc21.CC1(C)OB(c2cc(SCOC3CCCCO3)ccc2C=O)OC1(C)C.Cl.NCC1OB(O)c2cc(SCO)ccc21.O=Cc1ccc(F)cc1Br.O=Cc1ccc(SCOC2CCCCO2)cc1Br.O=[N+]([O-])CC1OB(O)c2cc(SCOC3CCCCO3)ccc21.SCOC1CCCCO1. The fraction of sp³-hybridized carbons (Fsp3) is 0.540. The standard InChI is InChI=1S/C19H28BNO6S.C19H27BO5S.C14H18BNO6S.C13H15BrO3S.C9H12BNO3S.C7H4BrFO.C6H12O2S.ClH/c1-19(2,3)26-18(22)21-11-16-14-8-7-13(10-15(14)20(23)27-16)28-12-25-17-6-4-5-9-24-17;1-18(2)19(3,4)25-20(24-18)16-11-15(9-8-14(16)12-21)26-13-23-17-7-5-6-10-22-17;17-15-12-7-10(23-9-21-14-3-1-2-6-20-14)4-5-11(12)13(22-15)8-16(18)19;14-12-7-11(5-4-10(12)8-15)18-9-17-13-3-1-2-6-16-13;11-4-9-7-2-1-6(15-5-12)3-8(7)10(13)14-9;8-7-3-6(9)2-1-5(7)4-10;9-5-8-6-3-1-2-4-7-6;/h7-8,10,16-17,23H,4-6,9,11-12H2,1-3H3,(H,21,22);8-9,11-12,17H,5-7,10,13H2,1-4H3;4-5,7,13-14,17H,1-3,6,8-9H2;4-5,7-8,13H,1-3,6,9H2;1-3,9,12-13H,4-5,11H2;1-4H;6,9H,1-5H2;1H. The van der Waals surface area contributed by atoms with Crippen molar-refractivity contribution in [2.24, 2.45) is 5.73 Å². The Morgan fingerprint density at radius 3 is 1.24 bits per heavy atom. The van der Waals surface area contributed by atoms with Crippen molar-refractivity contribution < 1.29 is 124 Å². The lowest BCUT2D eigenvalue weighted by Crippen LogP contribution is -2.41. The molecule has 9 heterocycles. The molecule has 9 aliphatic rings. The molecule has 0 aliphatic carbocycles. The van der Waals surface area contributed by atoms with Gasteiger partial charge >= 0.3 is 34.6 Å². The largest absolute Gasteiger partial charge is 0.495 e. The van der Waals surface area contributed by atoms with E-state index in [0.717, 1.165) is 179 Å². The lowest BCUT2D eigenvalue weighted by atomic mass is 9.76. The van der Waals surface area contributed by atoms with E-state index in [1.165, 1.54) is 61.0 Å². The zero-order valence-corrected chi connectivity index (χ0v) is 82.8. The minimum Gasteiger partial charge on any atom is -0.444 e. The van der Waals surface area contributed by atoms with Crippen molar-refractivity contribution in [3.63, 3.8) is 0 Å². The number of amides is 1. The third-order valence-electron chi connectivity index (χ3n) is 21.2. The molecule has 7 N–H and O–H groups in total. The fourth-order valence-electron chi connectivity index (χ4n) is 13.8. The summed E-state index contributed by atoms with van der Waals surface area (Å²) >= 11 is 17.9. The van der Waals surface area contributed by atoms with Crippen LogP contribution in [0.15, 0.2) is 143 Å². The maximum Gasteiger partial charge on any atom is 0.495 e. The van der Waals surface area contributed by atoms with E-state index in [1.807, 2.05) is 100 Å². The van der Waals surface area contributed by atoms with Crippen molar-refractivity contribution >= 4 is 191 Å². The summed E-state index contributed by atoms with van der Waals surface area (Å²) in [6.45, 7) is 17.6. The van der Waals surface area contributed by atoms with Crippen molar-refractivity contribution in [1.29, 1.82) is 0 Å². The number of carbonyl (C=O) groups is 4. The third-order valence-corrected chi connectivity index (χ3v) is 26.8. The minimum absolute atomic E-state index is 0. The number of hydrogen-bond donors (Lipinski definition) is 7. The van der Waals surface area contributed by atoms with E-state index in [2.05, 4.69) is 49.8 Å². The van der Waals surface area contributed by atoms with Crippen LogP contribution in [0.3, 0.4) is 0 Å². The predicted molar refractivity (Wildman–Crippen MR) is 516 cm³/mol. The van der Waals surface area contributed by atoms with Crippen molar-refractivity contribution in [3.8, 4) is 0 Å². The Labute approximate surface area is 811 Å². The number of rotatable bonds is 29. The van der Waals surface area contributed by atoms with Gasteiger partial charge in [-0.3, -0.25) is 24.5 Å². The van der Waals surface area contributed by atoms with E-state index in [1.54, 1.807) is 74.3 Å². The Balaban J connectivity index is 0.000000192. The van der Waals surface area contributed by atoms with Crippen LogP contribution in [0.2, 0.25) is 0 Å². The molecule has 712 valence electrons. The first-order valence-electron chi connectivity index (χ1n) is 42.8. The number of carbonyl (C=O) groups excluding carboxylic acids is 4. The van der Waals surface area contributed by atoms with Gasteiger partial charge in [0, 0.05) is 101 Å². The summed E-state index contributed by atoms with van der Waals surface area (Å²) < 4.78 is 103. The van der Waals surface area contributed by atoms with Gasteiger partial charge in [-0.05, 0) is 284 Å². The Hall–Kier alpha value is -4.26. The summed E-state index contributed by atoms with van der Waals surface area (Å²) in [5.74, 6) is 2.16. The summed E-state index contributed by atoms with van der Waals surface area (Å²) in [7, 11) is -3.57. The number of thiol groups is 1. The molecular weight excluding hydrogens is 1950 g/mol.